The van der Waals surface area contributed by atoms with E-state index in [2.05, 4.69) is 74.6 Å². The molecule has 1 unspecified atom stereocenters. The first kappa shape index (κ1) is 41.6. The Bertz CT molecular complexity index is 789. The second kappa shape index (κ2) is 35.1. The van der Waals surface area contributed by atoms with Crippen molar-refractivity contribution >= 4 is 11.9 Å². The number of carbonyl (C=O) groups is 2. The lowest BCUT2D eigenvalue weighted by atomic mass is 10.0. The third-order valence-electron chi connectivity index (χ3n) is 7.75. The average Bonchev–Trinajstić information content (AvgIpc) is 3.00. The van der Waals surface area contributed by atoms with Crippen LogP contribution >= 0.6 is 0 Å². The summed E-state index contributed by atoms with van der Waals surface area (Å²) in [6.07, 6.45) is 48.3. The third kappa shape index (κ3) is 34.1. The standard InChI is InChI=1S/C40H68O4/c1-3-5-7-8-9-10-11-12-13-14-15-16-17-18-19-23-26-29-33-37-40(43)44-38(34-30-6-4-2)35-31-27-24-21-20-22-25-28-32-36-39(41)42/h5,7,9-10,12-13,15-16,18-19,38H,3-4,6,8,11,14,17,20-37H2,1-2H3,(H,41,42)/b7-5-,10-9-,13-12-,16-15-,19-18-. The molecule has 0 aliphatic carbocycles. The number of hydrogen-bond donors (Lipinski definition) is 1. The maximum Gasteiger partial charge on any atom is 0.306 e. The number of aliphatic carboxylic acids is 1. The Labute approximate surface area is 272 Å². The van der Waals surface area contributed by atoms with Crippen LogP contribution in [-0.4, -0.2) is 23.1 Å². The van der Waals surface area contributed by atoms with Gasteiger partial charge in [0.15, 0.2) is 0 Å². The number of hydrogen-bond acceptors (Lipinski definition) is 3. The molecule has 1 atom stereocenters. The van der Waals surface area contributed by atoms with Crippen LogP contribution in [0.5, 0.6) is 0 Å². The Hall–Kier alpha value is -2.36. The maximum absolute atomic E-state index is 12.5. The zero-order chi connectivity index (χ0) is 32.2. The smallest absolute Gasteiger partial charge is 0.306 e. The minimum absolute atomic E-state index is 0.00993. The number of unbranched alkanes of at least 4 members (excludes halogenated alkanes) is 13. The number of carbonyl (C=O) groups excluding carboxylic acids is 1. The number of esters is 1. The molecule has 1 N–H and O–H groups in total. The molecule has 252 valence electrons. The summed E-state index contributed by atoms with van der Waals surface area (Å²) < 4.78 is 5.92. The third-order valence-corrected chi connectivity index (χ3v) is 7.75. The van der Waals surface area contributed by atoms with Crippen molar-refractivity contribution in [2.45, 2.75) is 180 Å². The van der Waals surface area contributed by atoms with Crippen LogP contribution < -0.4 is 0 Å². The van der Waals surface area contributed by atoms with Crippen LogP contribution in [0.15, 0.2) is 60.8 Å². The SMILES string of the molecule is CC/C=C\C/C=C\C/C=C\C/C=C\C/C=C\CCCCCC(=O)OC(CCCCC)CCCCCCCCCCCC(=O)O. The predicted octanol–water partition coefficient (Wildman–Crippen LogP) is 12.6. The predicted molar refractivity (Wildman–Crippen MR) is 190 cm³/mol. The first-order chi connectivity index (χ1) is 21.6. The van der Waals surface area contributed by atoms with Gasteiger partial charge in [0.2, 0.25) is 0 Å². The summed E-state index contributed by atoms with van der Waals surface area (Å²) in [5.41, 5.74) is 0. The van der Waals surface area contributed by atoms with Crippen molar-refractivity contribution in [2.24, 2.45) is 0 Å². The molecule has 0 aromatic heterocycles. The second-order valence-corrected chi connectivity index (χ2v) is 12.0. The number of ether oxygens (including phenoxy) is 1. The quantitative estimate of drug-likeness (QED) is 0.0466. The fraction of sp³-hybridized carbons (Fsp3) is 0.700. The highest BCUT2D eigenvalue weighted by molar-refractivity contribution is 5.69. The van der Waals surface area contributed by atoms with Gasteiger partial charge in [-0.3, -0.25) is 9.59 Å². The van der Waals surface area contributed by atoms with E-state index in [1.54, 1.807) is 0 Å². The molecule has 0 saturated heterocycles. The molecule has 0 saturated carbocycles. The molecule has 0 rings (SSSR count). The van der Waals surface area contributed by atoms with Gasteiger partial charge in [-0.1, -0.05) is 139 Å². The van der Waals surface area contributed by atoms with Crippen molar-refractivity contribution in [3.63, 3.8) is 0 Å². The zero-order valence-electron chi connectivity index (χ0n) is 28.7. The Morgan fingerprint density at radius 3 is 1.48 bits per heavy atom. The molecule has 0 aromatic rings. The van der Waals surface area contributed by atoms with Crippen molar-refractivity contribution in [2.75, 3.05) is 0 Å². The normalized spacial score (nSPS) is 13.0. The molecule has 0 bridgehead atoms. The van der Waals surface area contributed by atoms with Gasteiger partial charge in [0.05, 0.1) is 0 Å². The van der Waals surface area contributed by atoms with E-state index in [0.717, 1.165) is 103 Å². The van der Waals surface area contributed by atoms with Gasteiger partial charge >= 0.3 is 11.9 Å². The Morgan fingerprint density at radius 2 is 0.955 bits per heavy atom. The molecule has 4 nitrogen and oxygen atoms in total. The molecule has 0 heterocycles. The van der Waals surface area contributed by atoms with Gasteiger partial charge in [0.1, 0.15) is 6.10 Å². The summed E-state index contributed by atoms with van der Waals surface area (Å²) in [4.78, 5) is 23.1. The van der Waals surface area contributed by atoms with E-state index >= 15 is 0 Å². The zero-order valence-corrected chi connectivity index (χ0v) is 28.7. The number of allylic oxidation sites excluding steroid dienone is 10. The summed E-state index contributed by atoms with van der Waals surface area (Å²) in [6, 6.07) is 0. The average molecular weight is 613 g/mol. The fourth-order valence-electron chi connectivity index (χ4n) is 5.09. The van der Waals surface area contributed by atoms with Gasteiger partial charge in [-0.25, -0.2) is 0 Å². The molecule has 0 aliphatic rings. The minimum atomic E-state index is -0.684. The van der Waals surface area contributed by atoms with Crippen LogP contribution in [0.1, 0.15) is 174 Å². The van der Waals surface area contributed by atoms with Gasteiger partial charge in [-0.2, -0.15) is 0 Å². The summed E-state index contributed by atoms with van der Waals surface area (Å²) in [6.45, 7) is 4.37. The first-order valence-corrected chi connectivity index (χ1v) is 18.3. The van der Waals surface area contributed by atoms with Crippen LogP contribution in [0, 0.1) is 0 Å². The van der Waals surface area contributed by atoms with Crippen molar-refractivity contribution in [3.05, 3.63) is 60.8 Å². The van der Waals surface area contributed by atoms with E-state index < -0.39 is 5.97 Å². The van der Waals surface area contributed by atoms with Crippen LogP contribution in [0.3, 0.4) is 0 Å². The summed E-state index contributed by atoms with van der Waals surface area (Å²) in [5, 5.41) is 8.69. The molecule has 0 aromatic carbocycles. The molecule has 0 amide bonds. The van der Waals surface area contributed by atoms with Crippen LogP contribution in [0.25, 0.3) is 0 Å². The lowest BCUT2D eigenvalue weighted by Crippen LogP contribution is -2.18. The summed E-state index contributed by atoms with van der Waals surface area (Å²) in [5.74, 6) is -0.694. The Morgan fingerprint density at radius 1 is 0.523 bits per heavy atom. The van der Waals surface area contributed by atoms with E-state index in [1.807, 2.05) is 0 Å². The van der Waals surface area contributed by atoms with Crippen LogP contribution in [0.4, 0.5) is 0 Å². The second-order valence-electron chi connectivity index (χ2n) is 12.0. The summed E-state index contributed by atoms with van der Waals surface area (Å²) >= 11 is 0. The number of carboxylic acid groups (broad SMARTS) is 1. The first-order valence-electron chi connectivity index (χ1n) is 18.3. The largest absolute Gasteiger partial charge is 0.481 e. The van der Waals surface area contributed by atoms with E-state index in [0.29, 0.717) is 12.8 Å². The molecule has 0 aliphatic heterocycles. The van der Waals surface area contributed by atoms with Crippen LogP contribution in [-0.2, 0) is 14.3 Å². The van der Waals surface area contributed by atoms with Gasteiger partial charge in [-0.05, 0) is 83.5 Å². The van der Waals surface area contributed by atoms with Gasteiger partial charge in [0.25, 0.3) is 0 Å². The molecule has 0 spiro atoms. The fourth-order valence-corrected chi connectivity index (χ4v) is 5.09. The molecule has 0 radical (unpaired) electrons. The highest BCUT2D eigenvalue weighted by atomic mass is 16.5. The van der Waals surface area contributed by atoms with Crippen molar-refractivity contribution in [1.29, 1.82) is 0 Å². The van der Waals surface area contributed by atoms with Crippen molar-refractivity contribution in [1.82, 2.24) is 0 Å². The number of carboxylic acids is 1. The molecular formula is C40H68O4. The molecule has 0 fully saturated rings. The van der Waals surface area contributed by atoms with E-state index in [-0.39, 0.29) is 12.1 Å². The van der Waals surface area contributed by atoms with E-state index in [9.17, 15) is 9.59 Å². The van der Waals surface area contributed by atoms with Crippen molar-refractivity contribution < 1.29 is 19.4 Å². The topological polar surface area (TPSA) is 63.6 Å². The molecule has 44 heavy (non-hydrogen) atoms. The minimum Gasteiger partial charge on any atom is -0.481 e. The lowest BCUT2D eigenvalue weighted by Gasteiger charge is -2.18. The Kier molecular flexibility index (Phi) is 33.2. The van der Waals surface area contributed by atoms with Crippen molar-refractivity contribution in [3.8, 4) is 0 Å². The van der Waals surface area contributed by atoms with E-state index in [4.69, 9.17) is 9.84 Å². The lowest BCUT2D eigenvalue weighted by molar-refractivity contribution is -0.150. The Balaban J connectivity index is 3.86. The summed E-state index contributed by atoms with van der Waals surface area (Å²) in [7, 11) is 0. The highest BCUT2D eigenvalue weighted by Gasteiger charge is 2.14. The van der Waals surface area contributed by atoms with E-state index in [1.165, 1.54) is 44.9 Å². The van der Waals surface area contributed by atoms with Gasteiger partial charge in [0, 0.05) is 12.8 Å². The monoisotopic (exact) mass is 613 g/mol. The molecule has 4 heteroatoms. The van der Waals surface area contributed by atoms with Crippen LogP contribution in [0.2, 0.25) is 0 Å². The number of rotatable bonds is 32. The molecular weight excluding hydrogens is 544 g/mol. The van der Waals surface area contributed by atoms with Gasteiger partial charge < -0.3 is 9.84 Å². The highest BCUT2D eigenvalue weighted by Crippen LogP contribution is 2.18. The van der Waals surface area contributed by atoms with Gasteiger partial charge in [-0.15, -0.1) is 0 Å². The maximum atomic E-state index is 12.5.